The van der Waals surface area contributed by atoms with Crippen LogP contribution in [-0.2, 0) is 6.61 Å². The molecule has 0 bridgehead atoms. The molecule has 0 unspecified atom stereocenters. The number of methoxy groups -OCH3 is 1. The van der Waals surface area contributed by atoms with Gasteiger partial charge in [-0.25, -0.2) is 9.37 Å². The minimum atomic E-state index is -0.576. The molecule has 0 spiro atoms. The predicted molar refractivity (Wildman–Crippen MR) is 66.9 cm³/mol. The van der Waals surface area contributed by atoms with Crippen LogP contribution in [0.25, 0.3) is 0 Å². The van der Waals surface area contributed by atoms with Crippen molar-refractivity contribution in [3.8, 4) is 11.6 Å². The Morgan fingerprint density at radius 2 is 2.21 bits per heavy atom. The number of nitrogens with zero attached hydrogens (tertiary/aromatic N) is 1. The third-order valence-corrected chi connectivity index (χ3v) is 2.52. The summed E-state index contributed by atoms with van der Waals surface area (Å²) in [6, 6.07) is 7.56. The third-order valence-electron chi connectivity index (χ3n) is 2.52. The molecule has 2 rings (SSSR count). The van der Waals surface area contributed by atoms with E-state index in [4.69, 9.17) is 9.47 Å². The van der Waals surface area contributed by atoms with Crippen molar-refractivity contribution in [2.45, 2.75) is 6.61 Å². The van der Waals surface area contributed by atoms with Gasteiger partial charge >= 0.3 is 0 Å². The molecule has 0 atom stereocenters. The number of hydrogen-bond donors (Lipinski definition) is 0. The van der Waals surface area contributed by atoms with E-state index >= 15 is 0 Å². The Morgan fingerprint density at radius 3 is 2.89 bits per heavy atom. The second kappa shape index (κ2) is 5.95. The van der Waals surface area contributed by atoms with Gasteiger partial charge in [0, 0.05) is 11.8 Å². The van der Waals surface area contributed by atoms with Gasteiger partial charge in [-0.05, 0) is 30.3 Å². The Morgan fingerprint density at radius 1 is 1.37 bits per heavy atom. The largest absolute Gasteiger partial charge is 0.486 e. The maximum Gasteiger partial charge on any atom is 0.219 e. The lowest BCUT2D eigenvalue weighted by atomic mass is 10.2. The molecule has 0 amide bonds. The molecule has 0 N–H and O–H groups in total. The predicted octanol–water partition coefficient (Wildman–Crippen LogP) is 2.62. The van der Waals surface area contributed by atoms with Gasteiger partial charge in [0.05, 0.1) is 12.7 Å². The molecule has 4 nitrogen and oxygen atoms in total. The molecular weight excluding hydrogens is 249 g/mol. The van der Waals surface area contributed by atoms with Gasteiger partial charge in [0.2, 0.25) is 5.88 Å². The van der Waals surface area contributed by atoms with Gasteiger partial charge < -0.3 is 9.47 Å². The molecule has 1 heterocycles. The van der Waals surface area contributed by atoms with Crippen molar-refractivity contribution in [1.82, 2.24) is 4.98 Å². The summed E-state index contributed by atoms with van der Waals surface area (Å²) in [5.41, 5.74) is 0.979. The molecule has 19 heavy (non-hydrogen) atoms. The molecule has 98 valence electrons. The zero-order chi connectivity index (χ0) is 13.7. The number of rotatable bonds is 5. The van der Waals surface area contributed by atoms with Crippen LogP contribution < -0.4 is 9.47 Å². The average Bonchev–Trinajstić information content (AvgIpc) is 2.46. The van der Waals surface area contributed by atoms with Gasteiger partial charge in [-0.15, -0.1) is 0 Å². The van der Waals surface area contributed by atoms with Crippen molar-refractivity contribution in [1.29, 1.82) is 0 Å². The normalized spacial score (nSPS) is 10.0. The summed E-state index contributed by atoms with van der Waals surface area (Å²) in [5.74, 6) is -0.0589. The highest BCUT2D eigenvalue weighted by Gasteiger charge is 2.08. The molecule has 0 aliphatic heterocycles. The Bertz CT molecular complexity index is 587. The van der Waals surface area contributed by atoms with Crippen LogP contribution in [-0.4, -0.2) is 18.4 Å². The van der Waals surface area contributed by atoms with Crippen molar-refractivity contribution in [3.63, 3.8) is 0 Å². The summed E-state index contributed by atoms with van der Waals surface area (Å²) in [5, 5.41) is 0. The summed E-state index contributed by atoms with van der Waals surface area (Å²) in [6.45, 7) is 0.133. The van der Waals surface area contributed by atoms with Crippen molar-refractivity contribution in [3.05, 3.63) is 53.5 Å². The van der Waals surface area contributed by atoms with Gasteiger partial charge in [-0.2, -0.15) is 0 Å². The van der Waals surface area contributed by atoms with Crippen LogP contribution >= 0.6 is 0 Å². The average molecular weight is 261 g/mol. The topological polar surface area (TPSA) is 48.4 Å². The molecule has 0 aliphatic carbocycles. The fraction of sp³-hybridized carbons (Fsp3) is 0.143. The van der Waals surface area contributed by atoms with E-state index in [2.05, 4.69) is 4.98 Å². The second-order valence-electron chi connectivity index (χ2n) is 3.77. The molecule has 0 saturated heterocycles. The van der Waals surface area contributed by atoms with Crippen LogP contribution in [0.2, 0.25) is 0 Å². The van der Waals surface area contributed by atoms with E-state index in [1.807, 2.05) is 0 Å². The van der Waals surface area contributed by atoms with Crippen molar-refractivity contribution >= 4 is 6.29 Å². The lowest BCUT2D eigenvalue weighted by Gasteiger charge is -2.09. The van der Waals surface area contributed by atoms with Crippen molar-refractivity contribution < 1.29 is 18.7 Å². The first-order valence-corrected chi connectivity index (χ1v) is 5.60. The smallest absolute Gasteiger partial charge is 0.219 e. The van der Waals surface area contributed by atoms with Gasteiger partial charge in [0.15, 0.2) is 11.6 Å². The molecular formula is C14H12FNO3. The highest BCUT2D eigenvalue weighted by atomic mass is 19.1. The molecule has 5 heteroatoms. The first-order chi connectivity index (χ1) is 9.24. The summed E-state index contributed by atoms with van der Waals surface area (Å²) in [6.07, 6.45) is 2.18. The molecule has 1 aromatic carbocycles. The van der Waals surface area contributed by atoms with E-state index < -0.39 is 5.82 Å². The Hall–Kier alpha value is -2.43. The fourth-order valence-electron chi connectivity index (χ4n) is 1.58. The Labute approximate surface area is 109 Å². The van der Waals surface area contributed by atoms with Crippen molar-refractivity contribution in [2.75, 3.05) is 7.11 Å². The zero-order valence-corrected chi connectivity index (χ0v) is 10.3. The van der Waals surface area contributed by atoms with Crippen LogP contribution in [0.4, 0.5) is 4.39 Å². The standard InChI is InChI=1S/C14H12FNO3/c1-18-14-11(3-2-6-16-14)9-19-13-5-4-10(8-17)7-12(13)15/h2-8H,9H2,1H3. The summed E-state index contributed by atoms with van der Waals surface area (Å²) >= 11 is 0. The number of benzene rings is 1. The maximum atomic E-state index is 13.6. The van der Waals surface area contributed by atoms with Crippen LogP contribution in [0, 0.1) is 5.82 Å². The number of ether oxygens (including phenoxy) is 2. The van der Waals surface area contributed by atoms with E-state index in [-0.39, 0.29) is 17.9 Å². The SMILES string of the molecule is COc1ncccc1COc1ccc(C=O)cc1F. The summed E-state index contributed by atoms with van der Waals surface area (Å²) in [7, 11) is 1.51. The van der Waals surface area contributed by atoms with Crippen LogP contribution in [0.1, 0.15) is 15.9 Å². The van der Waals surface area contributed by atoms with E-state index in [0.717, 1.165) is 6.07 Å². The second-order valence-corrected chi connectivity index (χ2v) is 3.77. The van der Waals surface area contributed by atoms with Gasteiger partial charge in [0.1, 0.15) is 12.9 Å². The van der Waals surface area contributed by atoms with Gasteiger partial charge in [-0.1, -0.05) is 0 Å². The minimum absolute atomic E-state index is 0.0801. The molecule has 0 saturated carbocycles. The van der Waals surface area contributed by atoms with E-state index in [1.165, 1.54) is 19.2 Å². The lowest BCUT2D eigenvalue weighted by molar-refractivity contribution is 0.112. The van der Waals surface area contributed by atoms with E-state index in [1.54, 1.807) is 18.3 Å². The number of halogens is 1. The number of carbonyl (C=O) groups is 1. The summed E-state index contributed by atoms with van der Waals surface area (Å²) < 4.78 is 24.0. The maximum absolute atomic E-state index is 13.6. The van der Waals surface area contributed by atoms with Gasteiger partial charge in [0.25, 0.3) is 0 Å². The molecule has 0 radical (unpaired) electrons. The van der Waals surface area contributed by atoms with Crippen molar-refractivity contribution in [2.24, 2.45) is 0 Å². The highest BCUT2D eigenvalue weighted by Crippen LogP contribution is 2.21. The molecule has 0 fully saturated rings. The zero-order valence-electron chi connectivity index (χ0n) is 10.3. The van der Waals surface area contributed by atoms with Crippen LogP contribution in [0.15, 0.2) is 36.5 Å². The highest BCUT2D eigenvalue weighted by molar-refractivity contribution is 5.74. The molecule has 0 aliphatic rings. The monoisotopic (exact) mass is 261 g/mol. The Balaban J connectivity index is 2.12. The first-order valence-electron chi connectivity index (χ1n) is 5.60. The third kappa shape index (κ3) is 3.07. The number of hydrogen-bond acceptors (Lipinski definition) is 4. The first kappa shape index (κ1) is 13.0. The molecule has 2 aromatic rings. The van der Waals surface area contributed by atoms with Crippen LogP contribution in [0.3, 0.4) is 0 Å². The molecule has 1 aromatic heterocycles. The summed E-state index contributed by atoms with van der Waals surface area (Å²) in [4.78, 5) is 14.5. The number of carbonyl (C=O) groups excluding carboxylic acids is 1. The van der Waals surface area contributed by atoms with Crippen LogP contribution in [0.5, 0.6) is 11.6 Å². The number of aldehydes is 1. The number of aromatic nitrogens is 1. The number of pyridine rings is 1. The lowest BCUT2D eigenvalue weighted by Crippen LogP contribution is -2.01. The van der Waals surface area contributed by atoms with E-state index in [0.29, 0.717) is 17.7 Å². The fourth-order valence-corrected chi connectivity index (χ4v) is 1.58. The minimum Gasteiger partial charge on any atom is -0.486 e. The van der Waals surface area contributed by atoms with E-state index in [9.17, 15) is 9.18 Å². The van der Waals surface area contributed by atoms with Gasteiger partial charge in [-0.3, -0.25) is 4.79 Å². The Kier molecular flexibility index (Phi) is 4.07. The quantitative estimate of drug-likeness (QED) is 0.776.